The van der Waals surface area contributed by atoms with Crippen LogP contribution in [-0.2, 0) is 0 Å². The Hall–Kier alpha value is -2.03. The molecule has 1 N–H and O–H groups in total. The third kappa shape index (κ3) is 2.75. The van der Waals surface area contributed by atoms with E-state index in [1.54, 1.807) is 6.08 Å². The Kier molecular flexibility index (Phi) is 3.60. The van der Waals surface area contributed by atoms with Crippen LogP contribution in [0.1, 0.15) is 10.4 Å². The minimum atomic E-state index is 0.0315. The van der Waals surface area contributed by atoms with Gasteiger partial charge < -0.3 is 10.2 Å². The van der Waals surface area contributed by atoms with Crippen molar-refractivity contribution in [3.05, 3.63) is 60.4 Å². The fourth-order valence-corrected chi connectivity index (χ4v) is 1.85. The highest BCUT2D eigenvalue weighted by molar-refractivity contribution is 6.04. The zero-order chi connectivity index (χ0) is 12.1. The Balaban J connectivity index is 2.13. The first kappa shape index (κ1) is 11.5. The van der Waals surface area contributed by atoms with Gasteiger partial charge in [-0.1, -0.05) is 36.4 Å². The number of benzene rings is 1. The molecular formula is C14H16N2O. The second-order valence-corrected chi connectivity index (χ2v) is 3.92. The molecule has 0 aliphatic carbocycles. The molecule has 0 saturated carbocycles. The van der Waals surface area contributed by atoms with Crippen LogP contribution in [-0.4, -0.2) is 30.3 Å². The summed E-state index contributed by atoms with van der Waals surface area (Å²) >= 11 is 0. The lowest BCUT2D eigenvalue weighted by molar-refractivity contribution is 0.104. The zero-order valence-corrected chi connectivity index (χ0v) is 9.73. The van der Waals surface area contributed by atoms with Crippen molar-refractivity contribution >= 4 is 5.78 Å². The van der Waals surface area contributed by atoms with E-state index in [2.05, 4.69) is 16.8 Å². The summed E-state index contributed by atoms with van der Waals surface area (Å²) in [7, 11) is 0. The Morgan fingerprint density at radius 3 is 2.88 bits per heavy atom. The highest BCUT2D eigenvalue weighted by Gasteiger charge is 2.16. The number of ketones is 1. The van der Waals surface area contributed by atoms with Gasteiger partial charge in [-0.3, -0.25) is 4.79 Å². The van der Waals surface area contributed by atoms with Gasteiger partial charge in [0.2, 0.25) is 0 Å². The zero-order valence-electron chi connectivity index (χ0n) is 9.73. The van der Waals surface area contributed by atoms with E-state index >= 15 is 0 Å². The standard InChI is InChI=1S/C14H16N2O/c1-2-9-16-10-8-15-14(16)11-13(17)12-6-4-3-5-7-12/h2-7,11,15H,1,8-10H2/b14-11+. The van der Waals surface area contributed by atoms with Gasteiger partial charge in [0.05, 0.1) is 0 Å². The Labute approximate surface area is 101 Å². The van der Waals surface area contributed by atoms with Crippen molar-refractivity contribution in [3.63, 3.8) is 0 Å². The third-order valence-electron chi connectivity index (χ3n) is 2.70. The summed E-state index contributed by atoms with van der Waals surface area (Å²) in [5, 5.41) is 3.21. The van der Waals surface area contributed by atoms with E-state index in [-0.39, 0.29) is 5.78 Å². The highest BCUT2D eigenvalue weighted by Crippen LogP contribution is 2.09. The van der Waals surface area contributed by atoms with Gasteiger partial charge in [-0.15, -0.1) is 6.58 Å². The smallest absolute Gasteiger partial charge is 0.189 e. The molecule has 0 radical (unpaired) electrons. The number of hydrogen-bond acceptors (Lipinski definition) is 3. The van der Waals surface area contributed by atoms with Crippen LogP contribution in [0, 0.1) is 0 Å². The van der Waals surface area contributed by atoms with Gasteiger partial charge in [-0.05, 0) is 0 Å². The number of nitrogens with one attached hydrogen (secondary N) is 1. The SMILES string of the molecule is C=CCN1CCN/C1=C\C(=O)c1ccccc1. The van der Waals surface area contributed by atoms with E-state index in [4.69, 9.17) is 0 Å². The van der Waals surface area contributed by atoms with Crippen LogP contribution in [0.5, 0.6) is 0 Å². The van der Waals surface area contributed by atoms with Crippen LogP contribution in [0.25, 0.3) is 0 Å². The van der Waals surface area contributed by atoms with Gasteiger partial charge >= 0.3 is 0 Å². The van der Waals surface area contributed by atoms with E-state index in [1.165, 1.54) is 0 Å². The van der Waals surface area contributed by atoms with Gasteiger partial charge in [-0.2, -0.15) is 0 Å². The average Bonchev–Trinajstić information content (AvgIpc) is 2.78. The number of carbonyl (C=O) groups is 1. The maximum atomic E-state index is 12.0. The normalized spacial score (nSPS) is 16.9. The Bertz CT molecular complexity index is 437. The van der Waals surface area contributed by atoms with Crippen molar-refractivity contribution in [2.75, 3.05) is 19.6 Å². The van der Waals surface area contributed by atoms with Gasteiger partial charge in [0.1, 0.15) is 5.82 Å². The molecule has 0 aromatic heterocycles. The quantitative estimate of drug-likeness (QED) is 0.484. The van der Waals surface area contributed by atoms with Crippen LogP contribution in [0.4, 0.5) is 0 Å². The molecule has 17 heavy (non-hydrogen) atoms. The summed E-state index contributed by atoms with van der Waals surface area (Å²) in [5.74, 6) is 0.919. The summed E-state index contributed by atoms with van der Waals surface area (Å²) in [6, 6.07) is 9.30. The van der Waals surface area contributed by atoms with E-state index in [0.717, 1.165) is 25.5 Å². The summed E-state index contributed by atoms with van der Waals surface area (Å²) in [4.78, 5) is 14.1. The Morgan fingerprint density at radius 1 is 1.41 bits per heavy atom. The topological polar surface area (TPSA) is 32.3 Å². The number of allylic oxidation sites excluding steroid dienone is 1. The monoisotopic (exact) mass is 228 g/mol. The van der Waals surface area contributed by atoms with E-state index in [0.29, 0.717) is 5.56 Å². The minimum Gasteiger partial charge on any atom is -0.370 e. The number of nitrogens with zero attached hydrogens (tertiary/aromatic N) is 1. The molecule has 88 valence electrons. The van der Waals surface area contributed by atoms with Crippen molar-refractivity contribution in [3.8, 4) is 0 Å². The molecule has 1 aliphatic heterocycles. The molecule has 1 aliphatic rings. The van der Waals surface area contributed by atoms with Crippen molar-refractivity contribution in [1.29, 1.82) is 0 Å². The summed E-state index contributed by atoms with van der Waals surface area (Å²) in [6.45, 7) is 6.27. The fourth-order valence-electron chi connectivity index (χ4n) is 1.85. The summed E-state index contributed by atoms with van der Waals surface area (Å²) in [5.41, 5.74) is 0.715. The van der Waals surface area contributed by atoms with Crippen LogP contribution in [0.2, 0.25) is 0 Å². The van der Waals surface area contributed by atoms with Gasteiger partial charge in [-0.25, -0.2) is 0 Å². The second kappa shape index (κ2) is 5.34. The third-order valence-corrected chi connectivity index (χ3v) is 2.70. The van der Waals surface area contributed by atoms with Crippen molar-refractivity contribution in [1.82, 2.24) is 10.2 Å². The number of carbonyl (C=O) groups excluding carboxylic acids is 1. The minimum absolute atomic E-state index is 0.0315. The summed E-state index contributed by atoms with van der Waals surface area (Å²) < 4.78 is 0. The lowest BCUT2D eigenvalue weighted by atomic mass is 10.1. The molecule has 2 rings (SSSR count). The first-order chi connectivity index (χ1) is 8.31. The van der Waals surface area contributed by atoms with Crippen LogP contribution >= 0.6 is 0 Å². The first-order valence-corrected chi connectivity index (χ1v) is 5.72. The molecule has 1 aromatic rings. The molecule has 1 aromatic carbocycles. The maximum Gasteiger partial charge on any atom is 0.189 e. The van der Waals surface area contributed by atoms with Crippen molar-refractivity contribution in [2.24, 2.45) is 0 Å². The molecule has 0 spiro atoms. The molecule has 0 unspecified atom stereocenters. The van der Waals surface area contributed by atoms with Crippen LogP contribution in [0.15, 0.2) is 54.9 Å². The van der Waals surface area contributed by atoms with Gasteiger partial charge in [0.15, 0.2) is 5.78 Å². The summed E-state index contributed by atoms with van der Waals surface area (Å²) in [6.07, 6.45) is 3.50. The molecule has 1 fully saturated rings. The van der Waals surface area contributed by atoms with Crippen molar-refractivity contribution < 1.29 is 4.79 Å². The second-order valence-electron chi connectivity index (χ2n) is 3.92. The average molecular weight is 228 g/mol. The molecule has 0 atom stereocenters. The number of rotatable bonds is 4. The highest BCUT2D eigenvalue weighted by atomic mass is 16.1. The molecule has 1 heterocycles. The Morgan fingerprint density at radius 2 is 2.18 bits per heavy atom. The molecule has 0 amide bonds. The fraction of sp³-hybridized carbons (Fsp3) is 0.214. The van der Waals surface area contributed by atoms with Gasteiger partial charge in [0, 0.05) is 31.3 Å². The molecular weight excluding hydrogens is 212 g/mol. The first-order valence-electron chi connectivity index (χ1n) is 5.72. The lowest BCUT2D eigenvalue weighted by Gasteiger charge is -2.15. The van der Waals surface area contributed by atoms with Gasteiger partial charge in [0.25, 0.3) is 0 Å². The molecule has 1 saturated heterocycles. The molecule has 3 nitrogen and oxygen atoms in total. The maximum absolute atomic E-state index is 12.0. The van der Waals surface area contributed by atoms with Crippen LogP contribution < -0.4 is 5.32 Å². The molecule has 3 heteroatoms. The lowest BCUT2D eigenvalue weighted by Crippen LogP contribution is -2.21. The van der Waals surface area contributed by atoms with E-state index in [1.807, 2.05) is 36.4 Å². The predicted molar refractivity (Wildman–Crippen MR) is 68.6 cm³/mol. The van der Waals surface area contributed by atoms with E-state index < -0.39 is 0 Å². The van der Waals surface area contributed by atoms with E-state index in [9.17, 15) is 4.79 Å². The predicted octanol–water partition coefficient (Wildman–Crippen LogP) is 1.80. The van der Waals surface area contributed by atoms with Crippen molar-refractivity contribution in [2.45, 2.75) is 0 Å². The van der Waals surface area contributed by atoms with Crippen LogP contribution in [0.3, 0.4) is 0 Å². The largest absolute Gasteiger partial charge is 0.370 e. The molecule has 0 bridgehead atoms. The number of hydrogen-bond donors (Lipinski definition) is 1.